The summed E-state index contributed by atoms with van der Waals surface area (Å²) in [5.74, 6) is -0.215. The van der Waals surface area contributed by atoms with Gasteiger partial charge in [0, 0.05) is 0 Å². The summed E-state index contributed by atoms with van der Waals surface area (Å²) in [5.41, 5.74) is 0.276. The minimum atomic E-state index is -0.919. The van der Waals surface area contributed by atoms with Gasteiger partial charge in [0.05, 0.1) is 12.2 Å². The number of benzene rings is 1. The summed E-state index contributed by atoms with van der Waals surface area (Å²) in [7, 11) is 0. The normalized spacial score (nSPS) is 10.6. The number of rotatable bonds is 6. The van der Waals surface area contributed by atoms with Crippen molar-refractivity contribution in [2.45, 2.75) is 19.8 Å². The molecule has 3 nitrogen and oxygen atoms in total. The van der Waals surface area contributed by atoms with Crippen LogP contribution in [0.5, 0.6) is 5.75 Å². The molecule has 0 heterocycles. The molecule has 0 saturated carbocycles. The lowest BCUT2D eigenvalue weighted by atomic mass is 10.2. The summed E-state index contributed by atoms with van der Waals surface area (Å²) in [6.07, 6.45) is 6.07. The van der Waals surface area contributed by atoms with Crippen LogP contribution in [0, 0.1) is 0 Å². The Labute approximate surface area is 95.4 Å². The van der Waals surface area contributed by atoms with E-state index in [0.717, 1.165) is 12.8 Å². The van der Waals surface area contributed by atoms with Gasteiger partial charge in [-0.2, -0.15) is 0 Å². The molecule has 0 spiro atoms. The fraction of sp³-hybridized carbons (Fsp3) is 0.308. The minimum absolute atomic E-state index is 0.276. The van der Waals surface area contributed by atoms with Crippen LogP contribution in [0.3, 0.4) is 0 Å². The lowest BCUT2D eigenvalue weighted by Crippen LogP contribution is -1.98. The molecule has 0 amide bonds. The number of carboxylic acid groups (broad SMARTS) is 1. The van der Waals surface area contributed by atoms with Gasteiger partial charge in [0.15, 0.2) is 0 Å². The quantitative estimate of drug-likeness (QED) is 0.591. The van der Waals surface area contributed by atoms with Crippen LogP contribution >= 0.6 is 0 Å². The topological polar surface area (TPSA) is 46.5 Å². The molecule has 0 saturated heterocycles. The van der Waals surface area contributed by atoms with Crippen molar-refractivity contribution in [2.24, 2.45) is 0 Å². The maximum absolute atomic E-state index is 10.6. The van der Waals surface area contributed by atoms with E-state index in [1.807, 2.05) is 0 Å². The lowest BCUT2D eigenvalue weighted by Gasteiger charge is -2.04. The summed E-state index contributed by atoms with van der Waals surface area (Å²) in [4.78, 5) is 10.6. The van der Waals surface area contributed by atoms with Gasteiger partial charge in [-0.1, -0.05) is 19.1 Å². The number of hydrogen-bond acceptors (Lipinski definition) is 2. The van der Waals surface area contributed by atoms with Crippen LogP contribution in [-0.2, 0) is 0 Å². The Morgan fingerprint density at radius 3 is 2.56 bits per heavy atom. The van der Waals surface area contributed by atoms with Crippen molar-refractivity contribution in [3.8, 4) is 5.75 Å². The molecule has 1 aromatic rings. The second-order valence-corrected chi connectivity index (χ2v) is 3.35. The molecule has 0 aromatic heterocycles. The molecule has 1 N–H and O–H groups in total. The van der Waals surface area contributed by atoms with Gasteiger partial charge in [-0.05, 0) is 37.1 Å². The van der Waals surface area contributed by atoms with Crippen molar-refractivity contribution in [3.05, 3.63) is 42.0 Å². The third kappa shape index (κ3) is 4.17. The highest BCUT2D eigenvalue weighted by Gasteiger charge is 2.01. The molecule has 1 rings (SSSR count). The molecule has 0 atom stereocenters. The molecule has 0 radical (unpaired) electrons. The highest BCUT2D eigenvalue weighted by atomic mass is 16.5. The van der Waals surface area contributed by atoms with Crippen molar-refractivity contribution < 1.29 is 14.6 Å². The standard InChI is InChI=1S/C13H16O3/c1-2-3-4-5-10-16-12-8-6-11(7-9-12)13(14)15/h3-4,6-9H,2,5,10H2,1H3,(H,14,15)/b4-3-. The van der Waals surface area contributed by atoms with Gasteiger partial charge in [0.2, 0.25) is 0 Å². The van der Waals surface area contributed by atoms with E-state index in [0.29, 0.717) is 12.4 Å². The third-order valence-electron chi connectivity index (χ3n) is 2.06. The Bertz CT molecular complexity index is 352. The predicted octanol–water partition coefficient (Wildman–Crippen LogP) is 3.12. The molecule has 0 fully saturated rings. The van der Waals surface area contributed by atoms with Gasteiger partial charge < -0.3 is 9.84 Å². The summed E-state index contributed by atoms with van der Waals surface area (Å²) in [6.45, 7) is 2.70. The maximum Gasteiger partial charge on any atom is 0.335 e. The predicted molar refractivity (Wildman–Crippen MR) is 62.9 cm³/mol. The molecule has 3 heteroatoms. The largest absolute Gasteiger partial charge is 0.493 e. The van der Waals surface area contributed by atoms with E-state index >= 15 is 0 Å². The first-order valence-electron chi connectivity index (χ1n) is 5.35. The zero-order chi connectivity index (χ0) is 11.8. The minimum Gasteiger partial charge on any atom is -0.493 e. The molecule has 0 aliphatic heterocycles. The molecule has 0 aliphatic carbocycles. The second-order valence-electron chi connectivity index (χ2n) is 3.35. The van der Waals surface area contributed by atoms with Crippen molar-refractivity contribution in [3.63, 3.8) is 0 Å². The first kappa shape index (κ1) is 12.3. The van der Waals surface area contributed by atoms with Crippen LogP contribution in [-0.4, -0.2) is 17.7 Å². The first-order chi connectivity index (χ1) is 7.74. The summed E-state index contributed by atoms with van der Waals surface area (Å²) >= 11 is 0. The highest BCUT2D eigenvalue weighted by molar-refractivity contribution is 5.87. The monoisotopic (exact) mass is 220 g/mol. The Balaban J connectivity index is 2.37. The Morgan fingerprint density at radius 1 is 1.31 bits per heavy atom. The molecule has 0 aliphatic rings. The van der Waals surface area contributed by atoms with E-state index < -0.39 is 5.97 Å². The number of allylic oxidation sites excluding steroid dienone is 1. The van der Waals surface area contributed by atoms with Crippen LogP contribution in [0.1, 0.15) is 30.1 Å². The van der Waals surface area contributed by atoms with Crippen molar-refractivity contribution in [1.29, 1.82) is 0 Å². The third-order valence-corrected chi connectivity index (χ3v) is 2.06. The van der Waals surface area contributed by atoms with E-state index in [2.05, 4.69) is 19.1 Å². The molecule has 16 heavy (non-hydrogen) atoms. The molecule has 0 unspecified atom stereocenters. The number of aromatic carboxylic acids is 1. The van der Waals surface area contributed by atoms with Gasteiger partial charge in [0.25, 0.3) is 0 Å². The van der Waals surface area contributed by atoms with Gasteiger partial charge in [-0.25, -0.2) is 4.79 Å². The van der Waals surface area contributed by atoms with E-state index in [1.165, 1.54) is 0 Å². The molecule has 86 valence electrons. The van der Waals surface area contributed by atoms with E-state index in [1.54, 1.807) is 24.3 Å². The number of carbonyl (C=O) groups is 1. The van der Waals surface area contributed by atoms with Gasteiger partial charge in [0.1, 0.15) is 5.75 Å². The van der Waals surface area contributed by atoms with E-state index in [4.69, 9.17) is 9.84 Å². The Morgan fingerprint density at radius 2 is 2.00 bits per heavy atom. The SMILES string of the molecule is CC/C=C\CCOc1ccc(C(=O)O)cc1. The fourth-order valence-corrected chi connectivity index (χ4v) is 1.22. The Hall–Kier alpha value is -1.77. The van der Waals surface area contributed by atoms with Crippen LogP contribution in [0.15, 0.2) is 36.4 Å². The van der Waals surface area contributed by atoms with E-state index in [-0.39, 0.29) is 5.56 Å². The number of hydrogen-bond donors (Lipinski definition) is 1. The molecular formula is C13H16O3. The van der Waals surface area contributed by atoms with Gasteiger partial charge in [-0.3, -0.25) is 0 Å². The van der Waals surface area contributed by atoms with Crippen LogP contribution in [0.25, 0.3) is 0 Å². The van der Waals surface area contributed by atoms with Crippen LogP contribution in [0.4, 0.5) is 0 Å². The fourth-order valence-electron chi connectivity index (χ4n) is 1.22. The van der Waals surface area contributed by atoms with Gasteiger partial charge in [-0.15, -0.1) is 0 Å². The highest BCUT2D eigenvalue weighted by Crippen LogP contribution is 2.12. The number of ether oxygens (including phenoxy) is 1. The van der Waals surface area contributed by atoms with E-state index in [9.17, 15) is 4.79 Å². The van der Waals surface area contributed by atoms with Crippen molar-refractivity contribution >= 4 is 5.97 Å². The summed E-state index contributed by atoms with van der Waals surface area (Å²) < 4.78 is 5.44. The maximum atomic E-state index is 10.6. The average molecular weight is 220 g/mol. The van der Waals surface area contributed by atoms with Crippen LogP contribution < -0.4 is 4.74 Å². The summed E-state index contributed by atoms with van der Waals surface area (Å²) in [6, 6.07) is 6.43. The summed E-state index contributed by atoms with van der Waals surface area (Å²) in [5, 5.41) is 8.70. The number of carboxylic acids is 1. The van der Waals surface area contributed by atoms with Crippen LogP contribution in [0.2, 0.25) is 0 Å². The average Bonchev–Trinajstić information content (AvgIpc) is 2.29. The zero-order valence-corrected chi connectivity index (χ0v) is 9.35. The first-order valence-corrected chi connectivity index (χ1v) is 5.35. The van der Waals surface area contributed by atoms with Crippen molar-refractivity contribution in [2.75, 3.05) is 6.61 Å². The smallest absolute Gasteiger partial charge is 0.335 e. The van der Waals surface area contributed by atoms with Gasteiger partial charge >= 0.3 is 5.97 Å². The van der Waals surface area contributed by atoms with Crippen molar-refractivity contribution in [1.82, 2.24) is 0 Å². The molecular weight excluding hydrogens is 204 g/mol. The lowest BCUT2D eigenvalue weighted by molar-refractivity contribution is 0.0697. The Kier molecular flexibility index (Phi) is 5.12. The molecule has 1 aromatic carbocycles. The molecule has 0 bridgehead atoms. The second kappa shape index (κ2) is 6.67. The zero-order valence-electron chi connectivity index (χ0n) is 9.35.